The molecule has 0 saturated carbocycles. The van der Waals surface area contributed by atoms with E-state index in [0.717, 1.165) is 33.3 Å². The number of aryl methyl sites for hydroxylation is 3. The van der Waals surface area contributed by atoms with Gasteiger partial charge < -0.3 is 9.88 Å². The molecule has 0 spiro atoms. The second-order valence-electron chi connectivity index (χ2n) is 7.71. The first kappa shape index (κ1) is 19.6. The zero-order valence-electron chi connectivity index (χ0n) is 17.4. The lowest BCUT2D eigenvalue weighted by atomic mass is 10.1. The van der Waals surface area contributed by atoms with E-state index in [1.807, 2.05) is 81.4 Å². The monoisotopic (exact) mass is 396 g/mol. The van der Waals surface area contributed by atoms with Gasteiger partial charge in [0.15, 0.2) is 0 Å². The van der Waals surface area contributed by atoms with Crippen molar-refractivity contribution in [2.75, 3.05) is 4.90 Å². The number of rotatable bonds is 4. The summed E-state index contributed by atoms with van der Waals surface area (Å²) in [5.74, 6) is -0.131. The van der Waals surface area contributed by atoms with Crippen molar-refractivity contribution in [1.29, 1.82) is 0 Å². The van der Waals surface area contributed by atoms with Gasteiger partial charge in [0.2, 0.25) is 0 Å². The molecule has 1 amide bonds. The van der Waals surface area contributed by atoms with E-state index in [4.69, 9.17) is 0 Å². The van der Waals surface area contributed by atoms with Crippen LogP contribution in [0.1, 0.15) is 32.6 Å². The number of aromatic amines is 1. The molecule has 1 heterocycles. The van der Waals surface area contributed by atoms with Crippen LogP contribution in [0.15, 0.2) is 77.6 Å². The average molecular weight is 396 g/mol. The van der Waals surface area contributed by atoms with Crippen LogP contribution in [-0.4, -0.2) is 10.9 Å². The van der Waals surface area contributed by atoms with Crippen LogP contribution in [0.25, 0.3) is 10.9 Å². The number of nitrogens with zero attached hydrogens (tertiary/aromatic N) is 1. The van der Waals surface area contributed by atoms with E-state index in [1.54, 1.807) is 17.0 Å². The number of pyridine rings is 1. The molecular weight excluding hydrogens is 372 g/mol. The molecule has 0 aliphatic rings. The molecule has 0 unspecified atom stereocenters. The molecule has 150 valence electrons. The van der Waals surface area contributed by atoms with Crippen molar-refractivity contribution in [3.05, 3.63) is 111 Å². The number of hydrogen-bond acceptors (Lipinski definition) is 2. The number of carbonyl (C=O) groups is 1. The zero-order valence-corrected chi connectivity index (χ0v) is 17.4. The van der Waals surface area contributed by atoms with Crippen LogP contribution in [0, 0.1) is 20.8 Å². The molecule has 0 bridgehead atoms. The van der Waals surface area contributed by atoms with Crippen LogP contribution in [0.2, 0.25) is 0 Å². The van der Waals surface area contributed by atoms with Crippen LogP contribution in [-0.2, 0) is 6.54 Å². The standard InChI is InChI=1S/C26H24N2O2/c1-17-12-13-18(2)23(14-17)28(26(30)20-9-5-4-6-10-20)16-22-15-21-11-7-8-19(3)24(21)27-25(22)29/h4-15H,16H2,1-3H3,(H,27,29). The highest BCUT2D eigenvalue weighted by atomic mass is 16.2. The lowest BCUT2D eigenvalue weighted by Gasteiger charge is -2.25. The molecule has 0 aliphatic heterocycles. The van der Waals surface area contributed by atoms with Gasteiger partial charge in [-0.05, 0) is 67.1 Å². The van der Waals surface area contributed by atoms with Gasteiger partial charge in [0.05, 0.1) is 12.1 Å². The van der Waals surface area contributed by atoms with Crippen molar-refractivity contribution in [3.63, 3.8) is 0 Å². The summed E-state index contributed by atoms with van der Waals surface area (Å²) < 4.78 is 0. The number of aromatic nitrogens is 1. The number of anilines is 1. The fourth-order valence-corrected chi connectivity index (χ4v) is 3.73. The zero-order chi connectivity index (χ0) is 21.3. The molecule has 0 radical (unpaired) electrons. The van der Waals surface area contributed by atoms with Gasteiger partial charge in [0, 0.05) is 16.8 Å². The Balaban J connectivity index is 1.84. The Bertz CT molecular complexity index is 1290. The van der Waals surface area contributed by atoms with Crippen LogP contribution in [0.4, 0.5) is 5.69 Å². The summed E-state index contributed by atoms with van der Waals surface area (Å²) in [5.41, 5.74) is 5.68. The van der Waals surface area contributed by atoms with Crippen molar-refractivity contribution in [1.82, 2.24) is 4.98 Å². The van der Waals surface area contributed by atoms with Crippen LogP contribution in [0.3, 0.4) is 0 Å². The summed E-state index contributed by atoms with van der Waals surface area (Å²) in [5, 5.41) is 0.956. The topological polar surface area (TPSA) is 53.2 Å². The van der Waals surface area contributed by atoms with Crippen LogP contribution in [0.5, 0.6) is 0 Å². The molecular formula is C26H24N2O2. The smallest absolute Gasteiger partial charge is 0.258 e. The summed E-state index contributed by atoms with van der Waals surface area (Å²) in [7, 11) is 0. The number of benzene rings is 3. The van der Waals surface area contributed by atoms with Gasteiger partial charge in [-0.3, -0.25) is 9.59 Å². The minimum absolute atomic E-state index is 0.131. The predicted molar refractivity (Wildman–Crippen MR) is 122 cm³/mol. The van der Waals surface area contributed by atoms with Gasteiger partial charge >= 0.3 is 0 Å². The second kappa shape index (κ2) is 7.99. The Morgan fingerprint density at radius 1 is 0.867 bits per heavy atom. The average Bonchev–Trinajstić information content (AvgIpc) is 2.75. The molecule has 4 rings (SSSR count). The van der Waals surface area contributed by atoms with Crippen molar-refractivity contribution in [2.24, 2.45) is 0 Å². The molecule has 30 heavy (non-hydrogen) atoms. The largest absolute Gasteiger partial charge is 0.321 e. The van der Waals surface area contributed by atoms with Gasteiger partial charge in [0.25, 0.3) is 11.5 Å². The molecule has 0 atom stereocenters. The summed E-state index contributed by atoms with van der Waals surface area (Å²) in [4.78, 5) is 31.0. The van der Waals surface area contributed by atoms with E-state index in [9.17, 15) is 9.59 Å². The first-order valence-electron chi connectivity index (χ1n) is 10.00. The van der Waals surface area contributed by atoms with Gasteiger partial charge in [-0.1, -0.05) is 48.5 Å². The lowest BCUT2D eigenvalue weighted by Crippen LogP contribution is -2.33. The Morgan fingerprint density at radius 2 is 1.63 bits per heavy atom. The summed E-state index contributed by atoms with van der Waals surface area (Å²) in [6.45, 7) is 6.14. The number of H-pyrrole nitrogens is 1. The number of fused-ring (bicyclic) bond motifs is 1. The fourth-order valence-electron chi connectivity index (χ4n) is 3.73. The molecule has 1 aromatic heterocycles. The van der Waals surface area contributed by atoms with E-state index in [-0.39, 0.29) is 18.0 Å². The first-order chi connectivity index (χ1) is 14.4. The number of amides is 1. The van der Waals surface area contributed by atoms with Crippen molar-refractivity contribution >= 4 is 22.5 Å². The molecule has 4 nitrogen and oxygen atoms in total. The Hall–Kier alpha value is -3.66. The van der Waals surface area contributed by atoms with E-state index in [2.05, 4.69) is 4.98 Å². The van der Waals surface area contributed by atoms with Gasteiger partial charge in [-0.2, -0.15) is 0 Å². The van der Waals surface area contributed by atoms with Crippen molar-refractivity contribution in [2.45, 2.75) is 27.3 Å². The normalized spacial score (nSPS) is 10.9. The lowest BCUT2D eigenvalue weighted by molar-refractivity contribution is 0.0985. The number of nitrogens with one attached hydrogen (secondary N) is 1. The number of carbonyl (C=O) groups excluding carboxylic acids is 1. The minimum Gasteiger partial charge on any atom is -0.321 e. The minimum atomic E-state index is -0.173. The molecule has 3 aromatic carbocycles. The van der Waals surface area contributed by atoms with Crippen LogP contribution >= 0.6 is 0 Å². The number of para-hydroxylation sites is 1. The third-order valence-corrected chi connectivity index (χ3v) is 5.41. The van der Waals surface area contributed by atoms with Crippen molar-refractivity contribution < 1.29 is 4.79 Å². The Labute approximate surface area is 175 Å². The molecule has 4 heteroatoms. The van der Waals surface area contributed by atoms with E-state index in [1.165, 1.54) is 0 Å². The third kappa shape index (κ3) is 3.77. The second-order valence-corrected chi connectivity index (χ2v) is 7.71. The summed E-state index contributed by atoms with van der Waals surface area (Å²) in [6.07, 6.45) is 0. The van der Waals surface area contributed by atoms with E-state index < -0.39 is 0 Å². The fraction of sp³-hybridized carbons (Fsp3) is 0.154. The quantitative estimate of drug-likeness (QED) is 0.509. The van der Waals surface area contributed by atoms with E-state index in [0.29, 0.717) is 11.1 Å². The van der Waals surface area contributed by atoms with E-state index >= 15 is 0 Å². The molecule has 4 aromatic rings. The third-order valence-electron chi connectivity index (χ3n) is 5.41. The van der Waals surface area contributed by atoms with Gasteiger partial charge in [0.1, 0.15) is 0 Å². The first-order valence-corrected chi connectivity index (χ1v) is 10.00. The maximum absolute atomic E-state index is 13.5. The highest BCUT2D eigenvalue weighted by Gasteiger charge is 2.21. The van der Waals surface area contributed by atoms with Crippen LogP contribution < -0.4 is 10.5 Å². The molecule has 0 saturated heterocycles. The summed E-state index contributed by atoms with van der Waals surface area (Å²) >= 11 is 0. The highest BCUT2D eigenvalue weighted by Crippen LogP contribution is 2.26. The van der Waals surface area contributed by atoms with Gasteiger partial charge in [-0.25, -0.2) is 0 Å². The SMILES string of the molecule is Cc1ccc(C)c(N(Cc2cc3cccc(C)c3[nH]c2=O)C(=O)c2ccccc2)c1. The number of hydrogen-bond donors (Lipinski definition) is 1. The Kier molecular flexibility index (Phi) is 5.23. The maximum atomic E-state index is 13.5. The molecule has 1 N–H and O–H groups in total. The predicted octanol–water partition coefficient (Wildman–Crippen LogP) is 5.30. The Morgan fingerprint density at radius 3 is 2.40 bits per heavy atom. The van der Waals surface area contributed by atoms with Crippen molar-refractivity contribution in [3.8, 4) is 0 Å². The highest BCUT2D eigenvalue weighted by molar-refractivity contribution is 6.06. The maximum Gasteiger partial charge on any atom is 0.258 e. The van der Waals surface area contributed by atoms with Gasteiger partial charge in [-0.15, -0.1) is 0 Å². The molecule has 0 fully saturated rings. The molecule has 0 aliphatic carbocycles. The summed E-state index contributed by atoms with van der Waals surface area (Å²) in [6, 6.07) is 23.0.